The van der Waals surface area contributed by atoms with Crippen LogP contribution in [0.4, 0.5) is 0 Å². The van der Waals surface area contributed by atoms with Gasteiger partial charge in [-0.2, -0.15) is 0 Å². The molecule has 8 nitrogen and oxygen atoms in total. The zero-order valence-corrected chi connectivity index (χ0v) is 16.8. The number of ether oxygens (including phenoxy) is 5. The molecule has 28 heavy (non-hydrogen) atoms. The molecule has 1 unspecified atom stereocenters. The van der Waals surface area contributed by atoms with Crippen molar-refractivity contribution in [3.63, 3.8) is 0 Å². The Morgan fingerprint density at radius 2 is 1.57 bits per heavy atom. The Hall–Kier alpha value is -2.19. The molecule has 0 amide bonds. The van der Waals surface area contributed by atoms with E-state index >= 15 is 0 Å². The third-order valence-corrected chi connectivity index (χ3v) is 4.32. The van der Waals surface area contributed by atoms with Gasteiger partial charge in [0.2, 0.25) is 0 Å². The van der Waals surface area contributed by atoms with Crippen LogP contribution in [0.1, 0.15) is 39.0 Å². The summed E-state index contributed by atoms with van der Waals surface area (Å²) >= 11 is 0. The van der Waals surface area contributed by atoms with Gasteiger partial charge in [0.15, 0.2) is 11.7 Å². The highest BCUT2D eigenvalue weighted by Gasteiger charge is 2.46. The van der Waals surface area contributed by atoms with Crippen LogP contribution in [0.25, 0.3) is 0 Å². The van der Waals surface area contributed by atoms with Crippen LogP contribution in [-0.2, 0) is 38.1 Å². The largest absolute Gasteiger partial charge is 0.468 e. The molecule has 8 heteroatoms. The third-order valence-electron chi connectivity index (χ3n) is 4.32. The predicted octanol–water partition coefficient (Wildman–Crippen LogP) is 2.32. The molecule has 0 N–H and O–H groups in total. The summed E-state index contributed by atoms with van der Waals surface area (Å²) in [7, 11) is 2.44. The maximum Gasteiger partial charge on any atom is 0.323 e. The minimum Gasteiger partial charge on any atom is -0.468 e. The topological polar surface area (TPSA) is 97.4 Å². The van der Waals surface area contributed by atoms with Gasteiger partial charge in [-0.1, -0.05) is 24.3 Å². The van der Waals surface area contributed by atoms with E-state index in [-0.39, 0.29) is 25.7 Å². The molecule has 1 aliphatic heterocycles. The van der Waals surface area contributed by atoms with Gasteiger partial charge in [0.25, 0.3) is 0 Å². The van der Waals surface area contributed by atoms with Crippen LogP contribution in [0.2, 0.25) is 0 Å². The molecule has 1 fully saturated rings. The highest BCUT2D eigenvalue weighted by molar-refractivity contribution is 6.00. The molecular weight excluding hydrogens is 368 g/mol. The maximum atomic E-state index is 12.4. The van der Waals surface area contributed by atoms with Crippen LogP contribution in [0.3, 0.4) is 0 Å². The van der Waals surface area contributed by atoms with Gasteiger partial charge in [-0.15, -0.1) is 0 Å². The number of carbonyl (C=O) groups is 3. The summed E-state index contributed by atoms with van der Waals surface area (Å²) in [6.45, 7) is 2.36. The summed E-state index contributed by atoms with van der Waals surface area (Å²) in [5, 5.41) is 0. The number of esters is 3. The number of carbonyl (C=O) groups excluding carboxylic acids is 3. The predicted molar refractivity (Wildman–Crippen MR) is 100 cm³/mol. The first-order valence-corrected chi connectivity index (χ1v) is 9.29. The van der Waals surface area contributed by atoms with Crippen LogP contribution in [-0.4, -0.2) is 58.2 Å². The lowest BCUT2D eigenvalue weighted by Gasteiger charge is -2.26. The van der Waals surface area contributed by atoms with Crippen molar-refractivity contribution in [1.29, 1.82) is 0 Å². The second kappa shape index (κ2) is 13.1. The molecule has 1 rings (SSSR count). The Labute approximate surface area is 165 Å². The van der Waals surface area contributed by atoms with E-state index in [4.69, 9.17) is 23.7 Å². The lowest BCUT2D eigenvalue weighted by molar-refractivity contribution is -0.169. The Morgan fingerprint density at radius 1 is 0.964 bits per heavy atom. The van der Waals surface area contributed by atoms with Gasteiger partial charge in [-0.3, -0.25) is 14.4 Å². The van der Waals surface area contributed by atoms with E-state index in [0.29, 0.717) is 13.2 Å². The van der Waals surface area contributed by atoms with Gasteiger partial charge in [0.1, 0.15) is 6.61 Å². The first kappa shape index (κ1) is 23.8. The fraction of sp³-hybridized carbons (Fsp3) is 0.650. The number of methoxy groups -OCH3 is 2. The van der Waals surface area contributed by atoms with Gasteiger partial charge in [-0.05, 0) is 32.1 Å². The molecule has 0 aliphatic carbocycles. The standard InChI is InChI=1S/C20H30O8/c1-16(21)26-13-8-5-11-20(18(22)24-2,19(23)25-3)12-6-9-15-28-17-10-4-7-14-27-17/h5-6,8-9,17H,4,7,10-15H2,1-3H3/b8-5-,9-6+. The lowest BCUT2D eigenvalue weighted by Crippen LogP contribution is -2.40. The fourth-order valence-corrected chi connectivity index (χ4v) is 2.77. The van der Waals surface area contributed by atoms with E-state index in [1.54, 1.807) is 24.3 Å². The molecular formula is C20H30O8. The normalized spacial score (nSPS) is 17.6. The quantitative estimate of drug-likeness (QED) is 0.226. The van der Waals surface area contributed by atoms with E-state index in [9.17, 15) is 14.4 Å². The molecule has 0 radical (unpaired) electrons. The van der Waals surface area contributed by atoms with Gasteiger partial charge < -0.3 is 23.7 Å². The molecule has 1 aliphatic rings. The summed E-state index contributed by atoms with van der Waals surface area (Å²) < 4.78 is 25.6. The summed E-state index contributed by atoms with van der Waals surface area (Å²) in [6, 6.07) is 0. The van der Waals surface area contributed by atoms with Gasteiger partial charge in [-0.25, -0.2) is 0 Å². The van der Waals surface area contributed by atoms with Gasteiger partial charge in [0.05, 0.1) is 20.8 Å². The Balaban J connectivity index is 2.71. The van der Waals surface area contributed by atoms with E-state index in [1.165, 1.54) is 21.1 Å². The van der Waals surface area contributed by atoms with Crippen molar-refractivity contribution in [2.45, 2.75) is 45.3 Å². The van der Waals surface area contributed by atoms with Crippen molar-refractivity contribution < 1.29 is 38.1 Å². The van der Waals surface area contributed by atoms with Crippen LogP contribution in [0, 0.1) is 5.41 Å². The molecule has 158 valence electrons. The van der Waals surface area contributed by atoms with Gasteiger partial charge >= 0.3 is 17.9 Å². The van der Waals surface area contributed by atoms with Crippen molar-refractivity contribution in [1.82, 2.24) is 0 Å². The summed E-state index contributed by atoms with van der Waals surface area (Å²) in [4.78, 5) is 35.6. The smallest absolute Gasteiger partial charge is 0.323 e. The Kier molecular flexibility index (Phi) is 11.1. The van der Waals surface area contributed by atoms with Crippen molar-refractivity contribution in [2.75, 3.05) is 34.0 Å². The lowest BCUT2D eigenvalue weighted by atomic mass is 9.80. The molecule has 1 heterocycles. The van der Waals surface area contributed by atoms with Crippen molar-refractivity contribution in [3.05, 3.63) is 24.3 Å². The van der Waals surface area contributed by atoms with E-state index in [1.807, 2.05) is 0 Å². The molecule has 0 saturated carbocycles. The fourth-order valence-electron chi connectivity index (χ4n) is 2.77. The zero-order chi connectivity index (χ0) is 20.8. The molecule has 0 bridgehead atoms. The maximum absolute atomic E-state index is 12.4. The highest BCUT2D eigenvalue weighted by Crippen LogP contribution is 2.31. The Morgan fingerprint density at radius 3 is 2.07 bits per heavy atom. The van der Waals surface area contributed by atoms with Crippen LogP contribution in [0.15, 0.2) is 24.3 Å². The Bertz CT molecular complexity index is 545. The first-order chi connectivity index (χ1) is 13.5. The molecule has 0 aromatic heterocycles. The molecule has 0 aromatic rings. The summed E-state index contributed by atoms with van der Waals surface area (Å²) in [6.07, 6.45) is 9.47. The number of allylic oxidation sites excluding steroid dienone is 2. The molecule has 0 spiro atoms. The van der Waals surface area contributed by atoms with E-state index in [0.717, 1.165) is 19.3 Å². The van der Waals surface area contributed by atoms with Crippen LogP contribution >= 0.6 is 0 Å². The minimum absolute atomic E-state index is 0.0462. The first-order valence-electron chi connectivity index (χ1n) is 9.29. The summed E-state index contributed by atoms with van der Waals surface area (Å²) in [5.74, 6) is -1.81. The minimum atomic E-state index is -1.52. The second-order valence-corrected chi connectivity index (χ2v) is 6.35. The molecule has 0 aromatic carbocycles. The van der Waals surface area contributed by atoms with E-state index in [2.05, 4.69) is 0 Å². The summed E-state index contributed by atoms with van der Waals surface area (Å²) in [5.41, 5.74) is -1.52. The third kappa shape index (κ3) is 7.82. The molecule has 1 saturated heterocycles. The highest BCUT2D eigenvalue weighted by atomic mass is 16.7. The van der Waals surface area contributed by atoms with Crippen molar-refractivity contribution >= 4 is 17.9 Å². The molecule has 1 atom stereocenters. The van der Waals surface area contributed by atoms with Gasteiger partial charge in [0, 0.05) is 13.5 Å². The average Bonchev–Trinajstić information content (AvgIpc) is 2.71. The average molecular weight is 398 g/mol. The van der Waals surface area contributed by atoms with Crippen molar-refractivity contribution in [2.24, 2.45) is 5.41 Å². The number of hydrogen-bond donors (Lipinski definition) is 0. The van der Waals surface area contributed by atoms with Crippen LogP contribution < -0.4 is 0 Å². The van der Waals surface area contributed by atoms with Crippen molar-refractivity contribution in [3.8, 4) is 0 Å². The number of hydrogen-bond acceptors (Lipinski definition) is 8. The SMILES string of the molecule is COC(=O)C(C/C=C\COC(C)=O)(C/C=C/COC1CCCCO1)C(=O)OC. The zero-order valence-electron chi connectivity index (χ0n) is 16.8. The van der Waals surface area contributed by atoms with E-state index < -0.39 is 23.3 Å². The second-order valence-electron chi connectivity index (χ2n) is 6.35. The monoisotopic (exact) mass is 398 g/mol. The number of rotatable bonds is 11. The van der Waals surface area contributed by atoms with Crippen LogP contribution in [0.5, 0.6) is 0 Å².